The lowest BCUT2D eigenvalue weighted by molar-refractivity contribution is -0.160. The summed E-state index contributed by atoms with van der Waals surface area (Å²) in [6.45, 7) is 2.79. The number of hydrogen-bond donors (Lipinski definition) is 1. The smallest absolute Gasteiger partial charge is 0.246 e. The zero-order valence-electron chi connectivity index (χ0n) is 22.0. The Morgan fingerprint density at radius 3 is 2.77 bits per heavy atom. The zero-order valence-corrected chi connectivity index (χ0v) is 22.0. The largest absolute Gasteiger partial charge is 0.454 e. The van der Waals surface area contributed by atoms with Crippen LogP contribution in [0.5, 0.6) is 11.5 Å². The Bertz CT molecular complexity index is 1640. The van der Waals surface area contributed by atoms with E-state index in [2.05, 4.69) is 39.1 Å². The number of H-pyrrole nitrogens is 1. The molecule has 9 heteroatoms. The summed E-state index contributed by atoms with van der Waals surface area (Å²) in [4.78, 5) is 42.3. The van der Waals surface area contributed by atoms with Crippen LogP contribution < -0.4 is 9.47 Å². The second-order valence-corrected chi connectivity index (χ2v) is 11.1. The van der Waals surface area contributed by atoms with Gasteiger partial charge < -0.3 is 24.3 Å². The molecule has 2 amide bonds. The van der Waals surface area contributed by atoms with Crippen LogP contribution in [0.2, 0.25) is 0 Å². The molecule has 2 aromatic heterocycles. The second kappa shape index (κ2) is 9.09. The number of benzene rings is 2. The number of aromatic amines is 1. The van der Waals surface area contributed by atoms with Gasteiger partial charge in [-0.1, -0.05) is 36.4 Å². The third-order valence-corrected chi connectivity index (χ3v) is 8.81. The molecule has 0 saturated carbocycles. The molecule has 1 N–H and O–H groups in total. The molecule has 4 aliphatic heterocycles. The summed E-state index contributed by atoms with van der Waals surface area (Å²) in [7, 11) is 0. The number of likely N-dealkylation sites (tertiary alicyclic amines) is 1. The Balaban J connectivity index is 1.14. The first-order chi connectivity index (χ1) is 19.6. The summed E-state index contributed by atoms with van der Waals surface area (Å²) in [5.41, 5.74) is 4.86. The number of hydrogen-bond acceptors (Lipinski definition) is 6. The number of piperazine rings is 1. The van der Waals surface area contributed by atoms with E-state index in [1.54, 1.807) is 11.1 Å². The minimum Gasteiger partial charge on any atom is -0.454 e. The Morgan fingerprint density at radius 1 is 1.00 bits per heavy atom. The first-order valence-electron chi connectivity index (χ1n) is 13.9. The molecule has 202 valence electrons. The molecule has 40 heavy (non-hydrogen) atoms. The van der Waals surface area contributed by atoms with Crippen molar-refractivity contribution in [2.45, 2.75) is 37.5 Å². The van der Waals surface area contributed by atoms with Crippen LogP contribution in [0, 0.1) is 0 Å². The van der Waals surface area contributed by atoms with Crippen LogP contribution in [-0.2, 0) is 22.6 Å². The van der Waals surface area contributed by atoms with Gasteiger partial charge in [0.25, 0.3) is 0 Å². The standard InChI is InChI=1S/C31H29N5O4/c37-27-17-35(21-10-12-34(16-21)15-19-5-2-1-3-6-19)31(38)24-14-23-22-7-4-11-32-30(22)33-28(23)29(36(24)27)20-8-9-25-26(13-20)40-18-39-25/h1-9,11,13,21,24,29H,10,12,14-18H2,(H,32,33)/t21-,24-,29-/m1/s1. The summed E-state index contributed by atoms with van der Waals surface area (Å²) in [5, 5.41) is 0.996. The lowest BCUT2D eigenvalue weighted by Crippen LogP contribution is -2.65. The van der Waals surface area contributed by atoms with E-state index in [0.717, 1.165) is 53.9 Å². The predicted octanol–water partition coefficient (Wildman–Crippen LogP) is 3.25. The number of nitrogens with one attached hydrogen (secondary N) is 1. The summed E-state index contributed by atoms with van der Waals surface area (Å²) < 4.78 is 11.2. The topological polar surface area (TPSA) is 91.0 Å². The normalized spacial score (nSPS) is 24.1. The SMILES string of the molecule is O=C1[C@H]2Cc3c([nH]c4ncccc34)[C@@H](c3ccc4c(c3)OCO4)N2C(=O)CN1[C@@H]1CCN(Cc2ccccc2)C1. The van der Waals surface area contributed by atoms with E-state index in [9.17, 15) is 9.59 Å². The minimum atomic E-state index is -0.577. The van der Waals surface area contributed by atoms with Gasteiger partial charge in [0.1, 0.15) is 18.2 Å². The van der Waals surface area contributed by atoms with Crippen LogP contribution in [0.4, 0.5) is 0 Å². The second-order valence-electron chi connectivity index (χ2n) is 11.1. The molecule has 4 aliphatic rings. The van der Waals surface area contributed by atoms with Gasteiger partial charge in [0.2, 0.25) is 18.6 Å². The number of amides is 2. The van der Waals surface area contributed by atoms with Gasteiger partial charge in [0.15, 0.2) is 11.5 Å². The van der Waals surface area contributed by atoms with Gasteiger partial charge in [-0.15, -0.1) is 0 Å². The zero-order chi connectivity index (χ0) is 26.8. The van der Waals surface area contributed by atoms with Crippen LogP contribution in [-0.4, -0.2) is 75.0 Å². The highest BCUT2D eigenvalue weighted by Gasteiger charge is 2.50. The van der Waals surface area contributed by atoms with Gasteiger partial charge in [-0.25, -0.2) is 4.98 Å². The average molecular weight is 536 g/mol. The van der Waals surface area contributed by atoms with E-state index >= 15 is 0 Å². The van der Waals surface area contributed by atoms with Crippen molar-refractivity contribution in [3.63, 3.8) is 0 Å². The summed E-state index contributed by atoms with van der Waals surface area (Å²) in [6.07, 6.45) is 3.09. The van der Waals surface area contributed by atoms with Crippen LogP contribution in [0.3, 0.4) is 0 Å². The van der Waals surface area contributed by atoms with Crippen LogP contribution >= 0.6 is 0 Å². The van der Waals surface area contributed by atoms with E-state index < -0.39 is 12.1 Å². The first kappa shape index (κ1) is 23.5. The molecule has 2 saturated heterocycles. The van der Waals surface area contributed by atoms with Crippen molar-refractivity contribution in [1.29, 1.82) is 0 Å². The summed E-state index contributed by atoms with van der Waals surface area (Å²) >= 11 is 0. The van der Waals surface area contributed by atoms with Crippen LogP contribution in [0.15, 0.2) is 66.9 Å². The maximum absolute atomic E-state index is 14.2. The van der Waals surface area contributed by atoms with E-state index in [-0.39, 0.29) is 31.2 Å². The van der Waals surface area contributed by atoms with Crippen LogP contribution in [0.1, 0.15) is 34.8 Å². The van der Waals surface area contributed by atoms with E-state index in [1.807, 2.05) is 41.3 Å². The van der Waals surface area contributed by atoms with Gasteiger partial charge in [-0.05, 0) is 47.4 Å². The molecule has 2 fully saturated rings. The van der Waals surface area contributed by atoms with Crippen molar-refractivity contribution in [3.05, 3.63) is 89.2 Å². The summed E-state index contributed by atoms with van der Waals surface area (Å²) in [6, 6.07) is 19.1. The fourth-order valence-electron chi connectivity index (χ4n) is 6.95. The fourth-order valence-corrected chi connectivity index (χ4v) is 6.95. The van der Waals surface area contributed by atoms with Gasteiger partial charge in [-0.2, -0.15) is 0 Å². The number of carbonyl (C=O) groups is 2. The van der Waals surface area contributed by atoms with Crippen molar-refractivity contribution in [1.82, 2.24) is 24.7 Å². The van der Waals surface area contributed by atoms with Gasteiger partial charge in [0.05, 0.1) is 6.04 Å². The van der Waals surface area contributed by atoms with Crippen LogP contribution in [0.25, 0.3) is 11.0 Å². The molecule has 2 aromatic carbocycles. The van der Waals surface area contributed by atoms with E-state index in [4.69, 9.17) is 9.47 Å². The van der Waals surface area contributed by atoms with E-state index in [0.29, 0.717) is 17.9 Å². The number of rotatable bonds is 4. The Hall–Kier alpha value is -4.37. The Morgan fingerprint density at radius 2 is 1.88 bits per heavy atom. The third-order valence-electron chi connectivity index (χ3n) is 8.81. The highest BCUT2D eigenvalue weighted by molar-refractivity contribution is 5.97. The van der Waals surface area contributed by atoms with Gasteiger partial charge >= 0.3 is 0 Å². The molecule has 3 atom stereocenters. The number of nitrogens with zero attached hydrogens (tertiary/aromatic N) is 4. The van der Waals surface area contributed by atoms with Crippen molar-refractivity contribution >= 4 is 22.8 Å². The maximum atomic E-state index is 14.2. The molecular formula is C31H29N5O4. The number of ether oxygens (including phenoxy) is 2. The Labute approximate surface area is 231 Å². The Kier molecular flexibility index (Phi) is 5.34. The fraction of sp³-hybridized carbons (Fsp3) is 0.323. The quantitative estimate of drug-likeness (QED) is 0.432. The van der Waals surface area contributed by atoms with Crippen molar-refractivity contribution in [2.75, 3.05) is 26.4 Å². The average Bonchev–Trinajstić information content (AvgIpc) is 3.72. The number of aromatic nitrogens is 2. The lowest BCUT2D eigenvalue weighted by Gasteiger charge is -2.48. The summed E-state index contributed by atoms with van der Waals surface area (Å²) in [5.74, 6) is 1.33. The maximum Gasteiger partial charge on any atom is 0.246 e. The third kappa shape index (κ3) is 3.68. The molecule has 9 nitrogen and oxygen atoms in total. The molecule has 0 unspecified atom stereocenters. The van der Waals surface area contributed by atoms with Crippen molar-refractivity contribution in [2.24, 2.45) is 0 Å². The molecule has 4 aromatic rings. The monoisotopic (exact) mass is 535 g/mol. The molecule has 6 heterocycles. The number of pyridine rings is 1. The van der Waals surface area contributed by atoms with E-state index in [1.165, 1.54) is 5.56 Å². The van der Waals surface area contributed by atoms with Crippen molar-refractivity contribution < 1.29 is 19.1 Å². The number of carbonyl (C=O) groups excluding carboxylic acids is 2. The molecule has 8 rings (SSSR count). The molecule has 0 spiro atoms. The highest BCUT2D eigenvalue weighted by atomic mass is 16.7. The van der Waals surface area contributed by atoms with Gasteiger partial charge in [0, 0.05) is 49.4 Å². The van der Waals surface area contributed by atoms with Crippen molar-refractivity contribution in [3.8, 4) is 11.5 Å². The lowest BCUT2D eigenvalue weighted by atomic mass is 9.86. The molecule has 0 aliphatic carbocycles. The predicted molar refractivity (Wildman–Crippen MR) is 147 cm³/mol. The van der Waals surface area contributed by atoms with Gasteiger partial charge in [-0.3, -0.25) is 14.5 Å². The minimum absolute atomic E-state index is 0.0253. The molecule has 0 bridgehead atoms. The molecule has 0 radical (unpaired) electrons. The number of fused-ring (bicyclic) bond motifs is 5. The highest BCUT2D eigenvalue weighted by Crippen LogP contribution is 2.45. The molecular weight excluding hydrogens is 506 g/mol. The first-order valence-corrected chi connectivity index (χ1v) is 13.9.